The number of rotatable bonds is 1. The van der Waals surface area contributed by atoms with Crippen molar-refractivity contribution in [2.24, 2.45) is 0 Å². The summed E-state index contributed by atoms with van der Waals surface area (Å²) < 4.78 is 5.68. The highest BCUT2D eigenvalue weighted by atomic mass is 35.5. The van der Waals surface area contributed by atoms with Crippen molar-refractivity contribution in [2.75, 3.05) is 0 Å². The van der Waals surface area contributed by atoms with E-state index in [0.29, 0.717) is 33.2 Å². The summed E-state index contributed by atoms with van der Waals surface area (Å²) >= 11 is 5.94. The number of pyridine rings is 1. The fourth-order valence-electron chi connectivity index (χ4n) is 2.26. The maximum absolute atomic E-state index is 9.89. The molecule has 102 valence electrons. The summed E-state index contributed by atoms with van der Waals surface area (Å²) in [6.45, 7) is 0. The molecule has 0 bridgehead atoms. The number of aromatic hydroxyl groups is 1. The number of nitrogens with zero attached hydrogens (tertiary/aromatic N) is 2. The highest BCUT2D eigenvalue weighted by Gasteiger charge is 2.11. The monoisotopic (exact) mass is 296 g/mol. The van der Waals surface area contributed by atoms with E-state index < -0.39 is 0 Å². The SMILES string of the molecule is Oc1cccc2ccc(-c3nc4ccc(Cl)cc4o3)nc12. The van der Waals surface area contributed by atoms with Gasteiger partial charge in [-0.3, -0.25) is 0 Å². The first-order valence-electron chi connectivity index (χ1n) is 6.36. The lowest BCUT2D eigenvalue weighted by molar-refractivity contribution is 0.480. The molecule has 0 amide bonds. The van der Waals surface area contributed by atoms with Crippen molar-refractivity contribution in [3.8, 4) is 17.3 Å². The lowest BCUT2D eigenvalue weighted by Crippen LogP contribution is -1.85. The van der Waals surface area contributed by atoms with E-state index in [1.165, 1.54) is 0 Å². The number of halogens is 1. The molecule has 0 aliphatic heterocycles. The zero-order valence-electron chi connectivity index (χ0n) is 10.7. The normalized spacial score (nSPS) is 11.3. The molecule has 0 aliphatic carbocycles. The van der Waals surface area contributed by atoms with E-state index in [-0.39, 0.29) is 5.75 Å². The van der Waals surface area contributed by atoms with E-state index in [9.17, 15) is 5.11 Å². The fraction of sp³-hybridized carbons (Fsp3) is 0. The third-order valence-corrected chi connectivity index (χ3v) is 3.50. The Morgan fingerprint density at radius 3 is 2.81 bits per heavy atom. The minimum absolute atomic E-state index is 0.133. The van der Waals surface area contributed by atoms with Crippen molar-refractivity contribution in [1.29, 1.82) is 0 Å². The molecule has 4 aromatic rings. The number of oxazole rings is 1. The Kier molecular flexibility index (Phi) is 2.59. The van der Waals surface area contributed by atoms with Gasteiger partial charge in [0.15, 0.2) is 5.58 Å². The van der Waals surface area contributed by atoms with Crippen LogP contribution in [0.2, 0.25) is 5.02 Å². The number of benzene rings is 2. The molecule has 4 nitrogen and oxygen atoms in total. The molecule has 4 rings (SSSR count). The average molecular weight is 297 g/mol. The standard InChI is InChI=1S/C16H9ClN2O2/c17-10-5-7-11-14(8-10)21-16(19-11)12-6-4-9-2-1-3-13(20)15(9)18-12/h1-8,20H. The zero-order valence-corrected chi connectivity index (χ0v) is 11.5. The zero-order chi connectivity index (χ0) is 14.4. The molecule has 0 radical (unpaired) electrons. The molecule has 0 spiro atoms. The minimum atomic E-state index is 0.133. The van der Waals surface area contributed by atoms with Crippen LogP contribution in [0.3, 0.4) is 0 Å². The van der Waals surface area contributed by atoms with E-state index in [2.05, 4.69) is 9.97 Å². The van der Waals surface area contributed by atoms with Crippen molar-refractivity contribution < 1.29 is 9.52 Å². The Labute approximate surface area is 124 Å². The van der Waals surface area contributed by atoms with Gasteiger partial charge >= 0.3 is 0 Å². The molecular formula is C16H9ClN2O2. The summed E-state index contributed by atoms with van der Waals surface area (Å²) in [5.41, 5.74) is 2.41. The van der Waals surface area contributed by atoms with Gasteiger partial charge in [-0.25, -0.2) is 9.97 Å². The summed E-state index contributed by atoms with van der Waals surface area (Å²) in [6.07, 6.45) is 0. The van der Waals surface area contributed by atoms with E-state index in [0.717, 1.165) is 5.39 Å². The number of para-hydroxylation sites is 1. The van der Waals surface area contributed by atoms with Gasteiger partial charge < -0.3 is 9.52 Å². The second-order valence-electron chi connectivity index (χ2n) is 4.68. The van der Waals surface area contributed by atoms with Crippen LogP contribution in [0.15, 0.2) is 52.9 Å². The average Bonchev–Trinajstić information content (AvgIpc) is 2.90. The molecule has 0 saturated carbocycles. The van der Waals surface area contributed by atoms with Gasteiger partial charge in [0, 0.05) is 16.5 Å². The molecule has 0 saturated heterocycles. The van der Waals surface area contributed by atoms with Gasteiger partial charge in [-0.05, 0) is 24.3 Å². The lowest BCUT2D eigenvalue weighted by atomic mass is 10.2. The summed E-state index contributed by atoms with van der Waals surface area (Å²) in [5, 5.41) is 11.3. The predicted octanol–water partition coefficient (Wildman–Crippen LogP) is 4.40. The number of phenols is 1. The van der Waals surface area contributed by atoms with Crippen LogP contribution in [0.4, 0.5) is 0 Å². The van der Waals surface area contributed by atoms with Crippen LogP contribution in [0.5, 0.6) is 5.75 Å². The number of aromatic nitrogens is 2. The minimum Gasteiger partial charge on any atom is -0.506 e. The first-order chi connectivity index (χ1) is 10.2. The fourth-order valence-corrected chi connectivity index (χ4v) is 2.42. The highest BCUT2D eigenvalue weighted by Crippen LogP contribution is 2.28. The summed E-state index contributed by atoms with van der Waals surface area (Å²) in [6, 6.07) is 14.2. The molecule has 2 aromatic heterocycles. The molecule has 0 unspecified atom stereocenters. The Morgan fingerprint density at radius 1 is 1.00 bits per heavy atom. The molecule has 5 heteroatoms. The van der Waals surface area contributed by atoms with Gasteiger partial charge in [-0.1, -0.05) is 29.8 Å². The topological polar surface area (TPSA) is 59.2 Å². The number of hydrogen-bond donors (Lipinski definition) is 1. The Balaban J connectivity index is 1.93. The van der Waals surface area contributed by atoms with Crippen LogP contribution in [-0.2, 0) is 0 Å². The van der Waals surface area contributed by atoms with Crippen LogP contribution in [0.25, 0.3) is 33.6 Å². The van der Waals surface area contributed by atoms with Crippen LogP contribution in [0, 0.1) is 0 Å². The first kappa shape index (κ1) is 12.2. The number of phenolic OH excluding ortho intramolecular Hbond substituents is 1. The van der Waals surface area contributed by atoms with Gasteiger partial charge in [-0.2, -0.15) is 0 Å². The van der Waals surface area contributed by atoms with Crippen molar-refractivity contribution in [1.82, 2.24) is 9.97 Å². The van der Waals surface area contributed by atoms with E-state index in [1.54, 1.807) is 30.3 Å². The number of fused-ring (bicyclic) bond motifs is 2. The van der Waals surface area contributed by atoms with Crippen LogP contribution in [0.1, 0.15) is 0 Å². The van der Waals surface area contributed by atoms with E-state index in [1.807, 2.05) is 18.2 Å². The van der Waals surface area contributed by atoms with Crippen LogP contribution < -0.4 is 0 Å². The van der Waals surface area contributed by atoms with Gasteiger partial charge in [0.25, 0.3) is 0 Å². The Bertz CT molecular complexity index is 979. The van der Waals surface area contributed by atoms with E-state index >= 15 is 0 Å². The quantitative estimate of drug-likeness (QED) is 0.565. The Hall–Kier alpha value is -2.59. The summed E-state index contributed by atoms with van der Waals surface area (Å²) in [4.78, 5) is 8.81. The maximum Gasteiger partial charge on any atom is 0.246 e. The lowest BCUT2D eigenvalue weighted by Gasteiger charge is -2.01. The predicted molar refractivity (Wildman–Crippen MR) is 81.4 cm³/mol. The first-order valence-corrected chi connectivity index (χ1v) is 6.74. The molecule has 2 aromatic carbocycles. The van der Waals surface area contributed by atoms with Crippen molar-refractivity contribution in [3.63, 3.8) is 0 Å². The van der Waals surface area contributed by atoms with Gasteiger partial charge in [0.1, 0.15) is 22.5 Å². The molecule has 0 fully saturated rings. The van der Waals surface area contributed by atoms with Crippen molar-refractivity contribution in [3.05, 3.63) is 53.6 Å². The third kappa shape index (κ3) is 2.00. The second kappa shape index (κ2) is 4.46. The largest absolute Gasteiger partial charge is 0.506 e. The van der Waals surface area contributed by atoms with E-state index in [4.69, 9.17) is 16.0 Å². The maximum atomic E-state index is 9.89. The van der Waals surface area contributed by atoms with Crippen molar-refractivity contribution in [2.45, 2.75) is 0 Å². The Morgan fingerprint density at radius 2 is 1.90 bits per heavy atom. The molecule has 2 heterocycles. The van der Waals surface area contributed by atoms with Gasteiger partial charge in [0.05, 0.1) is 0 Å². The van der Waals surface area contributed by atoms with Crippen molar-refractivity contribution >= 4 is 33.6 Å². The molecule has 1 N–H and O–H groups in total. The summed E-state index contributed by atoms with van der Waals surface area (Å²) in [5.74, 6) is 0.533. The number of hydrogen-bond acceptors (Lipinski definition) is 4. The molecule has 0 aliphatic rings. The second-order valence-corrected chi connectivity index (χ2v) is 5.11. The molecular weight excluding hydrogens is 288 g/mol. The third-order valence-electron chi connectivity index (χ3n) is 3.27. The van der Waals surface area contributed by atoms with Crippen LogP contribution >= 0.6 is 11.6 Å². The molecule has 21 heavy (non-hydrogen) atoms. The summed E-state index contributed by atoms with van der Waals surface area (Å²) in [7, 11) is 0. The highest BCUT2D eigenvalue weighted by molar-refractivity contribution is 6.31. The van der Waals surface area contributed by atoms with Gasteiger partial charge in [-0.15, -0.1) is 0 Å². The van der Waals surface area contributed by atoms with Crippen LogP contribution in [-0.4, -0.2) is 15.1 Å². The van der Waals surface area contributed by atoms with Gasteiger partial charge in [0.2, 0.25) is 5.89 Å². The smallest absolute Gasteiger partial charge is 0.246 e. The molecule has 0 atom stereocenters.